The molecule has 162 valence electrons. The first kappa shape index (κ1) is 19.0. The quantitative estimate of drug-likeness (QED) is 0.517. The average Bonchev–Trinajstić information content (AvgIpc) is 3.31. The highest BCUT2D eigenvalue weighted by molar-refractivity contribution is 5.78. The predicted molar refractivity (Wildman–Crippen MR) is 119 cm³/mol. The maximum atomic E-state index is 10.0. The standard InChI is InChI=1S/C23H23N7O2/c1-32-23-3-2-15(8-26-23)11-29-16-6-17(29)13-28(12-16)22-10-24-20(9-25-22)19-7-18(31)14-30-21(19)4-5-27-30/h2-5,7-10,14,16-17,31H,6,11-13H2,1H3. The molecule has 0 spiro atoms. The highest BCUT2D eigenvalue weighted by Gasteiger charge is 2.44. The Kier molecular flexibility index (Phi) is 4.43. The van der Waals surface area contributed by atoms with E-state index in [2.05, 4.69) is 30.9 Å². The van der Waals surface area contributed by atoms with Crippen LogP contribution in [0.4, 0.5) is 5.82 Å². The van der Waals surface area contributed by atoms with Crippen molar-refractivity contribution < 1.29 is 9.84 Å². The van der Waals surface area contributed by atoms with Crippen molar-refractivity contribution in [2.45, 2.75) is 25.0 Å². The van der Waals surface area contributed by atoms with Crippen LogP contribution in [0, 0.1) is 0 Å². The number of rotatable bonds is 5. The first-order valence-corrected chi connectivity index (χ1v) is 10.7. The van der Waals surface area contributed by atoms with Crippen LogP contribution in [-0.2, 0) is 6.54 Å². The Bertz CT molecular complexity index is 1240. The number of pyridine rings is 2. The average molecular weight is 429 g/mol. The van der Waals surface area contributed by atoms with Crippen LogP contribution in [0.25, 0.3) is 16.8 Å². The van der Waals surface area contributed by atoms with E-state index in [1.54, 1.807) is 36.3 Å². The number of aromatic hydroxyl groups is 1. The molecule has 0 aromatic carbocycles. The van der Waals surface area contributed by atoms with Crippen molar-refractivity contribution in [1.82, 2.24) is 29.5 Å². The lowest BCUT2D eigenvalue weighted by Gasteiger charge is -2.56. The zero-order valence-electron chi connectivity index (χ0n) is 17.7. The van der Waals surface area contributed by atoms with Crippen molar-refractivity contribution in [1.29, 1.82) is 0 Å². The van der Waals surface area contributed by atoms with Gasteiger partial charge in [-0.15, -0.1) is 0 Å². The van der Waals surface area contributed by atoms with Crippen LogP contribution < -0.4 is 9.64 Å². The predicted octanol–water partition coefficient (Wildman–Crippen LogP) is 2.36. The van der Waals surface area contributed by atoms with Gasteiger partial charge in [-0.1, -0.05) is 6.07 Å². The van der Waals surface area contributed by atoms with Crippen molar-refractivity contribution in [3.05, 3.63) is 60.8 Å². The number of fused-ring (bicyclic) bond motifs is 3. The molecule has 1 N–H and O–H groups in total. The lowest BCUT2D eigenvalue weighted by Crippen LogP contribution is -2.68. The van der Waals surface area contributed by atoms with Crippen LogP contribution >= 0.6 is 0 Å². The summed E-state index contributed by atoms with van der Waals surface area (Å²) >= 11 is 0. The van der Waals surface area contributed by atoms with Crippen LogP contribution in [0.3, 0.4) is 0 Å². The molecule has 0 amide bonds. The van der Waals surface area contributed by atoms with Gasteiger partial charge in [0.1, 0.15) is 11.6 Å². The van der Waals surface area contributed by atoms with Crippen LogP contribution in [0.2, 0.25) is 0 Å². The first-order valence-electron chi connectivity index (χ1n) is 10.7. The monoisotopic (exact) mass is 429 g/mol. The molecule has 4 aromatic rings. The number of anilines is 1. The van der Waals surface area contributed by atoms with Gasteiger partial charge in [0.25, 0.3) is 0 Å². The van der Waals surface area contributed by atoms with Gasteiger partial charge in [0.05, 0.1) is 43.1 Å². The number of hydrogen-bond donors (Lipinski definition) is 1. The van der Waals surface area contributed by atoms with Gasteiger partial charge in [-0.25, -0.2) is 14.5 Å². The molecular formula is C23H23N7O2. The molecule has 3 aliphatic rings. The second-order valence-corrected chi connectivity index (χ2v) is 8.36. The van der Waals surface area contributed by atoms with Crippen molar-refractivity contribution in [2.75, 3.05) is 25.1 Å². The minimum Gasteiger partial charge on any atom is -0.506 e. The second-order valence-electron chi connectivity index (χ2n) is 8.36. The number of ether oxygens (including phenoxy) is 1. The Balaban J connectivity index is 1.16. The number of piperidine rings is 1. The fourth-order valence-corrected chi connectivity index (χ4v) is 4.81. The van der Waals surface area contributed by atoms with Crippen molar-refractivity contribution >= 4 is 11.3 Å². The maximum Gasteiger partial charge on any atom is 0.212 e. The molecule has 3 saturated heterocycles. The van der Waals surface area contributed by atoms with E-state index in [0.29, 0.717) is 23.7 Å². The van der Waals surface area contributed by atoms with Crippen LogP contribution in [0.15, 0.2) is 55.2 Å². The highest BCUT2D eigenvalue weighted by atomic mass is 16.5. The zero-order chi connectivity index (χ0) is 21.7. The Morgan fingerprint density at radius 1 is 1.06 bits per heavy atom. The minimum absolute atomic E-state index is 0.144. The van der Waals surface area contributed by atoms with Gasteiger partial charge >= 0.3 is 0 Å². The first-order chi connectivity index (χ1) is 15.7. The Morgan fingerprint density at radius 2 is 1.94 bits per heavy atom. The normalized spacial score (nSPS) is 20.3. The summed E-state index contributed by atoms with van der Waals surface area (Å²) in [5.74, 6) is 1.68. The van der Waals surface area contributed by atoms with Crippen molar-refractivity contribution in [3.8, 4) is 22.9 Å². The Labute approximate surface area is 184 Å². The molecule has 2 atom stereocenters. The Hall–Kier alpha value is -3.72. The van der Waals surface area contributed by atoms with E-state index >= 15 is 0 Å². The largest absolute Gasteiger partial charge is 0.506 e. The number of hydrogen-bond acceptors (Lipinski definition) is 8. The third-order valence-corrected chi connectivity index (χ3v) is 6.45. The summed E-state index contributed by atoms with van der Waals surface area (Å²) in [5.41, 5.74) is 3.61. The third-order valence-electron chi connectivity index (χ3n) is 6.45. The summed E-state index contributed by atoms with van der Waals surface area (Å²) in [7, 11) is 1.63. The fourth-order valence-electron chi connectivity index (χ4n) is 4.81. The lowest BCUT2D eigenvalue weighted by atomic mass is 9.87. The smallest absolute Gasteiger partial charge is 0.212 e. The molecular weight excluding hydrogens is 406 g/mol. The lowest BCUT2D eigenvalue weighted by molar-refractivity contribution is -0.00879. The van der Waals surface area contributed by atoms with E-state index in [4.69, 9.17) is 9.72 Å². The van der Waals surface area contributed by atoms with E-state index in [0.717, 1.165) is 36.5 Å². The summed E-state index contributed by atoms with van der Waals surface area (Å²) < 4.78 is 6.79. The van der Waals surface area contributed by atoms with Crippen molar-refractivity contribution in [3.63, 3.8) is 0 Å². The second kappa shape index (κ2) is 7.45. The topological polar surface area (TPSA) is 91.9 Å². The van der Waals surface area contributed by atoms with Gasteiger partial charge in [0.15, 0.2) is 0 Å². The molecule has 2 unspecified atom stereocenters. The molecule has 4 aromatic heterocycles. The van der Waals surface area contributed by atoms with E-state index in [1.165, 1.54) is 12.0 Å². The minimum atomic E-state index is 0.144. The number of methoxy groups -OCH3 is 1. The highest BCUT2D eigenvalue weighted by Crippen LogP contribution is 2.35. The fraction of sp³-hybridized carbons (Fsp3) is 0.304. The molecule has 0 saturated carbocycles. The van der Waals surface area contributed by atoms with Gasteiger partial charge in [-0.3, -0.25) is 9.88 Å². The molecule has 7 rings (SSSR count). The van der Waals surface area contributed by atoms with Crippen molar-refractivity contribution in [2.24, 2.45) is 0 Å². The van der Waals surface area contributed by atoms with E-state index in [9.17, 15) is 5.11 Å². The molecule has 9 heteroatoms. The van der Waals surface area contributed by atoms with Gasteiger partial charge in [0, 0.05) is 49.5 Å². The van der Waals surface area contributed by atoms with Gasteiger partial charge in [-0.05, 0) is 24.1 Å². The van der Waals surface area contributed by atoms with E-state index in [1.807, 2.05) is 24.5 Å². The molecule has 3 aliphatic heterocycles. The number of nitrogens with zero attached hydrogens (tertiary/aromatic N) is 7. The molecule has 0 radical (unpaired) electrons. The third kappa shape index (κ3) is 3.21. The summed E-state index contributed by atoms with van der Waals surface area (Å²) in [5, 5.41) is 14.2. The maximum absolute atomic E-state index is 10.0. The summed E-state index contributed by atoms with van der Waals surface area (Å²) in [4.78, 5) is 18.5. The number of piperazine rings is 1. The summed E-state index contributed by atoms with van der Waals surface area (Å²) in [6.07, 6.45) is 10.00. The molecule has 32 heavy (non-hydrogen) atoms. The van der Waals surface area contributed by atoms with Gasteiger partial charge in [-0.2, -0.15) is 5.10 Å². The van der Waals surface area contributed by atoms with Crippen LogP contribution in [0.1, 0.15) is 12.0 Å². The SMILES string of the molecule is COc1ccc(CN2C3CC2CN(c2cnc(-c4cc(O)cn5nccc45)cn2)C3)cn1. The zero-order valence-corrected chi connectivity index (χ0v) is 17.7. The van der Waals surface area contributed by atoms with Crippen LogP contribution in [-0.4, -0.2) is 66.9 Å². The van der Waals surface area contributed by atoms with Gasteiger partial charge < -0.3 is 14.7 Å². The molecule has 3 fully saturated rings. The number of aromatic nitrogens is 5. The Morgan fingerprint density at radius 3 is 2.66 bits per heavy atom. The van der Waals surface area contributed by atoms with E-state index < -0.39 is 0 Å². The molecule has 2 bridgehead atoms. The van der Waals surface area contributed by atoms with Crippen LogP contribution in [0.5, 0.6) is 11.6 Å². The van der Waals surface area contributed by atoms with Gasteiger partial charge in [0.2, 0.25) is 5.88 Å². The molecule has 0 aliphatic carbocycles. The molecule has 7 heterocycles. The summed E-state index contributed by atoms with van der Waals surface area (Å²) in [6.45, 7) is 2.78. The summed E-state index contributed by atoms with van der Waals surface area (Å²) in [6, 6.07) is 8.61. The van der Waals surface area contributed by atoms with E-state index in [-0.39, 0.29) is 5.75 Å². The molecule has 9 nitrogen and oxygen atoms in total.